The molecule has 0 aliphatic carbocycles. The summed E-state index contributed by atoms with van der Waals surface area (Å²) in [5.74, 6) is 2.85. The van der Waals surface area contributed by atoms with Crippen molar-refractivity contribution in [1.29, 1.82) is 0 Å². The van der Waals surface area contributed by atoms with E-state index in [2.05, 4.69) is 148 Å². The zero-order chi connectivity index (χ0) is 50.5. The third-order valence-electron chi connectivity index (χ3n) is 9.49. The summed E-state index contributed by atoms with van der Waals surface area (Å²) in [4.78, 5) is 66.3. The van der Waals surface area contributed by atoms with Gasteiger partial charge in [-0.3, -0.25) is 19.4 Å². The SMILES string of the molecule is C.C=C1N=C(N)C=CN1C(C)(C)C.C=C1NC(=O)C(C)=CN1C(C)(C)C.C=C1NC(=O)C=CN1C(C)(C)C.CC(C)(C)n1cnc2c(=O)[nH]c(N)nc21.CC(C)(C)n1cnc2c(N)ncnc21. The fourth-order valence-electron chi connectivity index (χ4n) is 6.17. The van der Waals surface area contributed by atoms with Crippen LogP contribution >= 0.6 is 0 Å². The van der Waals surface area contributed by atoms with Gasteiger partial charge in [0, 0.05) is 57.9 Å². The number of fused-ring (bicyclic) bond motifs is 2. The van der Waals surface area contributed by atoms with Gasteiger partial charge in [0.25, 0.3) is 17.4 Å². The Kier molecular flexibility index (Phi) is 17.5. The highest BCUT2D eigenvalue weighted by Crippen LogP contribution is 2.25. The number of nitrogens with two attached hydrogens (primary N) is 3. The minimum atomic E-state index is -0.305. The van der Waals surface area contributed by atoms with Gasteiger partial charge in [-0.2, -0.15) is 4.98 Å². The Morgan fingerprint density at radius 1 is 0.597 bits per heavy atom. The smallest absolute Gasteiger partial charge is 0.280 e. The Labute approximate surface area is 395 Å². The van der Waals surface area contributed by atoms with Crippen LogP contribution in [0.4, 0.5) is 11.8 Å². The molecule has 0 radical (unpaired) electrons. The van der Waals surface area contributed by atoms with E-state index < -0.39 is 0 Å². The monoisotopic (exact) mass is 926 g/mol. The molecule has 0 bridgehead atoms. The van der Waals surface area contributed by atoms with Crippen LogP contribution in [0.15, 0.2) is 102 Å². The van der Waals surface area contributed by atoms with E-state index in [9.17, 15) is 14.4 Å². The molecule has 20 heteroatoms. The number of nitrogens with one attached hydrogen (secondary N) is 3. The first-order valence-electron chi connectivity index (χ1n) is 21.2. The molecule has 0 atom stereocenters. The molecule has 366 valence electrons. The standard InChI is InChI=1S/C10H16N2O.C9H13N5O.C9H13N5.C9H15N3.C9H14N2O.CH4/c1-7-6-12(10(3,4)5)8(2)11-9(7)13;1-9(2,3)14-4-11-5-6(14)12-8(10)13-7(5)15;1-9(2,3)14-5-13-6-7(10)11-4-12-8(6)14;1-7-11-8(10)5-6-12(7)9(2,3)4;1-7-10-8(12)5-6-11(7)9(2,3)4;/h6H,2H2,1,3-5H3,(H,11,13);4H,1-3H3,(H3,10,12,13,15);4-5H,1-3H3,(H2,10,11,12);5-6H,1H2,2-4H3,(H2,10,11);5-6H,1H2,2-4H3,(H,10,12);1H4. The van der Waals surface area contributed by atoms with Crippen molar-refractivity contribution in [3.05, 3.63) is 103 Å². The molecule has 0 saturated heterocycles. The molecule has 9 N–H and O–H groups in total. The highest BCUT2D eigenvalue weighted by molar-refractivity contribution is 5.95. The van der Waals surface area contributed by atoms with Gasteiger partial charge < -0.3 is 51.7 Å². The van der Waals surface area contributed by atoms with E-state index >= 15 is 0 Å². The number of amidine groups is 1. The van der Waals surface area contributed by atoms with Gasteiger partial charge in [-0.15, -0.1) is 0 Å². The van der Waals surface area contributed by atoms with Crippen molar-refractivity contribution in [1.82, 2.24) is 64.4 Å². The van der Waals surface area contributed by atoms with Crippen molar-refractivity contribution in [3.63, 3.8) is 0 Å². The summed E-state index contributed by atoms with van der Waals surface area (Å²) in [6, 6.07) is 0. The number of amides is 2. The normalized spacial score (nSPS) is 15.3. The maximum absolute atomic E-state index is 11.5. The Balaban J connectivity index is 0.000000287. The van der Waals surface area contributed by atoms with Gasteiger partial charge in [-0.25, -0.2) is 24.9 Å². The third-order valence-corrected chi connectivity index (χ3v) is 9.49. The lowest BCUT2D eigenvalue weighted by Crippen LogP contribution is -2.46. The number of hydrogen-bond acceptors (Lipinski definition) is 15. The summed E-state index contributed by atoms with van der Waals surface area (Å²) in [7, 11) is 0. The zero-order valence-electron chi connectivity index (χ0n) is 41.6. The number of nitrogens with zero attached hydrogens (tertiary/aromatic N) is 11. The number of aromatic nitrogens is 8. The summed E-state index contributed by atoms with van der Waals surface area (Å²) in [6.07, 6.45) is 13.6. The Hall–Kier alpha value is -7.25. The predicted octanol–water partition coefficient (Wildman–Crippen LogP) is 6.49. The highest BCUT2D eigenvalue weighted by Gasteiger charge is 2.27. The van der Waals surface area contributed by atoms with Crippen molar-refractivity contribution in [2.24, 2.45) is 10.7 Å². The Bertz CT molecular complexity index is 2640. The van der Waals surface area contributed by atoms with Crippen LogP contribution in [-0.4, -0.2) is 88.0 Å². The van der Waals surface area contributed by atoms with Crippen LogP contribution in [0.5, 0.6) is 0 Å². The number of hydrogen-bond donors (Lipinski definition) is 6. The molecule has 4 aromatic heterocycles. The molecule has 2 amide bonds. The maximum atomic E-state index is 11.5. The minimum Gasteiger partial charge on any atom is -0.384 e. The fourth-order valence-corrected chi connectivity index (χ4v) is 6.17. The molecular formula is C47H75N17O3. The summed E-state index contributed by atoms with van der Waals surface area (Å²) >= 11 is 0. The second-order valence-corrected chi connectivity index (χ2v) is 20.5. The van der Waals surface area contributed by atoms with Crippen LogP contribution in [0.2, 0.25) is 0 Å². The Morgan fingerprint density at radius 2 is 1.09 bits per heavy atom. The van der Waals surface area contributed by atoms with Gasteiger partial charge in [-0.1, -0.05) is 27.2 Å². The summed E-state index contributed by atoms with van der Waals surface area (Å²) < 4.78 is 3.81. The van der Waals surface area contributed by atoms with Gasteiger partial charge in [0.05, 0.1) is 12.7 Å². The maximum Gasteiger partial charge on any atom is 0.280 e. The van der Waals surface area contributed by atoms with Crippen LogP contribution in [0.25, 0.3) is 22.3 Å². The number of aromatic amines is 1. The molecule has 3 aliphatic rings. The van der Waals surface area contributed by atoms with Crippen molar-refractivity contribution >= 4 is 51.7 Å². The highest BCUT2D eigenvalue weighted by atomic mass is 16.2. The lowest BCUT2D eigenvalue weighted by molar-refractivity contribution is -0.118. The number of rotatable bonds is 0. The third kappa shape index (κ3) is 14.9. The lowest BCUT2D eigenvalue weighted by atomic mass is 10.1. The quantitative estimate of drug-likeness (QED) is 0.110. The van der Waals surface area contributed by atoms with Gasteiger partial charge in [0.2, 0.25) is 5.95 Å². The van der Waals surface area contributed by atoms with E-state index in [1.807, 2.05) is 57.0 Å². The van der Waals surface area contributed by atoms with Crippen molar-refractivity contribution in [2.45, 2.75) is 146 Å². The first kappa shape index (κ1) is 55.9. The van der Waals surface area contributed by atoms with Crippen molar-refractivity contribution in [3.8, 4) is 0 Å². The summed E-state index contributed by atoms with van der Waals surface area (Å²) in [6.45, 7) is 44.1. The molecule has 0 fully saturated rings. The molecule has 67 heavy (non-hydrogen) atoms. The summed E-state index contributed by atoms with van der Waals surface area (Å²) in [5, 5.41) is 5.35. The Morgan fingerprint density at radius 3 is 1.58 bits per heavy atom. The van der Waals surface area contributed by atoms with E-state index in [-0.39, 0.29) is 58.4 Å². The molecule has 0 spiro atoms. The average Bonchev–Trinajstić information content (AvgIpc) is 3.79. The topological polar surface area (TPSA) is 266 Å². The fraction of sp³-hybridized carbons (Fsp3) is 0.468. The van der Waals surface area contributed by atoms with Gasteiger partial charge >= 0.3 is 0 Å². The van der Waals surface area contributed by atoms with Crippen molar-refractivity contribution < 1.29 is 9.59 Å². The lowest BCUT2D eigenvalue weighted by Gasteiger charge is -2.38. The number of aliphatic imine (C=N–C) groups is 1. The van der Waals surface area contributed by atoms with Crippen molar-refractivity contribution in [2.75, 3.05) is 11.5 Å². The van der Waals surface area contributed by atoms with Gasteiger partial charge in [0.1, 0.15) is 35.1 Å². The number of H-pyrrole nitrogens is 1. The molecule has 0 aromatic carbocycles. The summed E-state index contributed by atoms with van der Waals surface area (Å²) in [5.41, 5.74) is 19.1. The molecular weight excluding hydrogens is 851 g/mol. The molecule has 4 aromatic rings. The van der Waals surface area contributed by atoms with Crippen LogP contribution in [0.3, 0.4) is 0 Å². The van der Waals surface area contributed by atoms with Crippen LogP contribution in [0, 0.1) is 0 Å². The van der Waals surface area contributed by atoms with E-state index in [1.165, 1.54) is 12.4 Å². The van der Waals surface area contributed by atoms with E-state index in [0.29, 0.717) is 51.4 Å². The second-order valence-electron chi connectivity index (χ2n) is 20.5. The largest absolute Gasteiger partial charge is 0.384 e. The number of nitrogen functional groups attached to an aromatic ring is 2. The van der Waals surface area contributed by atoms with Crippen LogP contribution in [-0.2, 0) is 20.7 Å². The van der Waals surface area contributed by atoms with Gasteiger partial charge in [0.15, 0.2) is 22.6 Å². The molecule has 3 aliphatic heterocycles. The van der Waals surface area contributed by atoms with E-state index in [4.69, 9.17) is 17.2 Å². The first-order chi connectivity index (χ1) is 30.0. The van der Waals surface area contributed by atoms with Gasteiger partial charge in [-0.05, 0) is 117 Å². The molecule has 7 rings (SSSR count). The number of imidazole rings is 2. The zero-order valence-corrected chi connectivity index (χ0v) is 41.6. The molecule has 0 unspecified atom stereocenters. The van der Waals surface area contributed by atoms with Crippen LogP contribution in [0.1, 0.15) is 118 Å². The minimum absolute atomic E-state index is 0. The molecule has 7 heterocycles. The van der Waals surface area contributed by atoms with Crippen LogP contribution < -0.4 is 33.4 Å². The number of carbonyl (C=O) groups is 2. The average molecular weight is 926 g/mol. The number of anilines is 2. The predicted molar refractivity (Wildman–Crippen MR) is 271 cm³/mol. The molecule has 0 saturated carbocycles. The first-order valence-corrected chi connectivity index (χ1v) is 21.2. The molecule has 20 nitrogen and oxygen atoms in total. The second kappa shape index (κ2) is 20.9. The number of carbonyl (C=O) groups excluding carboxylic acids is 2. The van der Waals surface area contributed by atoms with E-state index in [0.717, 1.165) is 5.65 Å². The van der Waals surface area contributed by atoms with E-state index in [1.54, 1.807) is 31.9 Å².